The van der Waals surface area contributed by atoms with Crippen molar-refractivity contribution in [3.8, 4) is 0 Å². The van der Waals surface area contributed by atoms with Gasteiger partial charge in [-0.1, -0.05) is 0 Å². The van der Waals surface area contributed by atoms with E-state index in [1.807, 2.05) is 0 Å². The monoisotopic (exact) mass is 495 g/mol. The molecule has 3 N–H and O–H groups in total. The Morgan fingerprint density at radius 2 is 1.72 bits per heavy atom. The molecule has 2 heterocycles. The Labute approximate surface area is 193 Å². The number of halogens is 4. The highest BCUT2D eigenvalue weighted by Gasteiger charge is 2.39. The lowest BCUT2D eigenvalue weighted by Gasteiger charge is -2.34. The number of carbonyl (C=O) groups is 3. The van der Waals surface area contributed by atoms with Gasteiger partial charge in [-0.25, -0.2) is 13.2 Å². The van der Waals surface area contributed by atoms with Gasteiger partial charge in [-0.05, 0) is 30.9 Å². The second-order valence-electron chi connectivity index (χ2n) is 7.77. The lowest BCUT2D eigenvalue weighted by Crippen LogP contribution is -2.50. The lowest BCUT2D eigenvalue weighted by atomic mass is 9.97. The number of piperidine rings is 1. The van der Waals surface area contributed by atoms with Crippen LogP contribution >= 0.6 is 24.2 Å². The van der Waals surface area contributed by atoms with Crippen LogP contribution < -0.4 is 5.73 Å². The summed E-state index contributed by atoms with van der Waals surface area (Å²) < 4.78 is 40.3. The Balaban J connectivity index is 0.00000363. The largest absolute Gasteiger partial charge is 0.481 e. The van der Waals surface area contributed by atoms with E-state index >= 15 is 0 Å². The van der Waals surface area contributed by atoms with Gasteiger partial charge in [0.25, 0.3) is 5.91 Å². The summed E-state index contributed by atoms with van der Waals surface area (Å²) in [7, 11) is 0. The predicted molar refractivity (Wildman–Crippen MR) is 115 cm³/mol. The smallest absolute Gasteiger partial charge is 0.306 e. The Hall–Kier alpha value is -1.98. The molecule has 7 nitrogen and oxygen atoms in total. The summed E-state index contributed by atoms with van der Waals surface area (Å²) in [5.41, 5.74) is 5.83. The summed E-state index contributed by atoms with van der Waals surface area (Å²) in [6.45, 7) is 1.01. The standard InChI is InChI=1S/C20H24F3N3O4S.ClH/c21-14-10-16(23)15(22)8-12(14)7-13(24)9-17(27)26-5-6-31-19(26)18(28)25-3-1-11(2-4-25)20(29)30;/h8,10-11,13,19H,1-7,9,24H2,(H,29,30);1H/t13-,19?;/m1./s1. The average molecular weight is 496 g/mol. The second kappa shape index (κ2) is 11.2. The highest BCUT2D eigenvalue weighted by molar-refractivity contribution is 8.00. The lowest BCUT2D eigenvalue weighted by molar-refractivity contribution is -0.147. The minimum atomic E-state index is -1.30. The maximum absolute atomic E-state index is 13.8. The van der Waals surface area contributed by atoms with Crippen LogP contribution in [0.15, 0.2) is 12.1 Å². The van der Waals surface area contributed by atoms with Crippen LogP contribution in [-0.2, 0) is 20.8 Å². The minimum Gasteiger partial charge on any atom is -0.481 e. The maximum atomic E-state index is 13.8. The number of carbonyl (C=O) groups excluding carboxylic acids is 2. The molecule has 2 fully saturated rings. The molecule has 0 spiro atoms. The quantitative estimate of drug-likeness (QED) is 0.585. The van der Waals surface area contributed by atoms with Gasteiger partial charge in [0.2, 0.25) is 5.91 Å². The van der Waals surface area contributed by atoms with Crippen molar-refractivity contribution >= 4 is 42.0 Å². The van der Waals surface area contributed by atoms with E-state index in [9.17, 15) is 27.6 Å². The Kier molecular flexibility index (Phi) is 9.23. The molecule has 0 aliphatic carbocycles. The summed E-state index contributed by atoms with van der Waals surface area (Å²) in [6.07, 6.45) is 0.412. The van der Waals surface area contributed by atoms with E-state index in [4.69, 9.17) is 10.8 Å². The molecule has 0 saturated carbocycles. The van der Waals surface area contributed by atoms with E-state index in [2.05, 4.69) is 0 Å². The van der Waals surface area contributed by atoms with Crippen LogP contribution in [0, 0.1) is 23.4 Å². The van der Waals surface area contributed by atoms with Crippen molar-refractivity contribution in [2.45, 2.75) is 37.1 Å². The van der Waals surface area contributed by atoms with Gasteiger partial charge in [0.05, 0.1) is 5.92 Å². The molecular weight excluding hydrogens is 471 g/mol. The summed E-state index contributed by atoms with van der Waals surface area (Å²) >= 11 is 1.33. The molecule has 3 rings (SSSR count). The van der Waals surface area contributed by atoms with E-state index in [1.165, 1.54) is 16.7 Å². The van der Waals surface area contributed by atoms with Gasteiger partial charge in [0, 0.05) is 43.9 Å². The number of carboxylic acid groups (broad SMARTS) is 1. The van der Waals surface area contributed by atoms with Crippen molar-refractivity contribution in [1.82, 2.24) is 9.80 Å². The van der Waals surface area contributed by atoms with Crippen LogP contribution in [0.3, 0.4) is 0 Å². The van der Waals surface area contributed by atoms with Gasteiger partial charge in [-0.2, -0.15) is 0 Å². The van der Waals surface area contributed by atoms with Gasteiger partial charge >= 0.3 is 5.97 Å². The van der Waals surface area contributed by atoms with E-state index < -0.39 is 40.8 Å². The van der Waals surface area contributed by atoms with Crippen LogP contribution in [0.4, 0.5) is 13.2 Å². The number of hydrogen-bond donors (Lipinski definition) is 2. The van der Waals surface area contributed by atoms with Gasteiger partial charge < -0.3 is 20.6 Å². The zero-order chi connectivity index (χ0) is 22.7. The number of amides is 2. The SMILES string of the molecule is Cl.N[C@@H](CC(=O)N1CCSC1C(=O)N1CCC(C(=O)O)CC1)Cc1cc(F)c(F)cc1F. The Morgan fingerprint density at radius 3 is 2.34 bits per heavy atom. The molecule has 1 aromatic rings. The molecule has 2 amide bonds. The van der Waals surface area contributed by atoms with Crippen LogP contribution in [0.2, 0.25) is 0 Å². The number of carboxylic acids is 1. The van der Waals surface area contributed by atoms with Crippen LogP contribution in [-0.4, -0.2) is 69.5 Å². The van der Waals surface area contributed by atoms with Crippen LogP contribution in [0.25, 0.3) is 0 Å². The Bertz CT molecular complexity index is 871. The molecule has 32 heavy (non-hydrogen) atoms. The highest BCUT2D eigenvalue weighted by Crippen LogP contribution is 2.28. The molecule has 1 aromatic carbocycles. The van der Waals surface area contributed by atoms with Gasteiger partial charge in [-0.15, -0.1) is 24.2 Å². The average Bonchev–Trinajstić information content (AvgIpc) is 3.21. The molecule has 0 radical (unpaired) electrons. The highest BCUT2D eigenvalue weighted by atomic mass is 35.5. The fraction of sp³-hybridized carbons (Fsp3) is 0.550. The number of hydrogen-bond acceptors (Lipinski definition) is 5. The van der Waals surface area contributed by atoms with Crippen molar-refractivity contribution in [2.75, 3.05) is 25.4 Å². The van der Waals surface area contributed by atoms with Crippen molar-refractivity contribution < 1.29 is 32.7 Å². The topological polar surface area (TPSA) is 104 Å². The zero-order valence-corrected chi connectivity index (χ0v) is 18.8. The number of nitrogens with zero attached hydrogens (tertiary/aromatic N) is 2. The third-order valence-electron chi connectivity index (χ3n) is 5.59. The summed E-state index contributed by atoms with van der Waals surface area (Å²) in [6, 6.07) is 0.339. The first-order chi connectivity index (χ1) is 14.7. The van der Waals surface area contributed by atoms with E-state index in [0.717, 1.165) is 6.07 Å². The third kappa shape index (κ3) is 6.08. The van der Waals surface area contributed by atoms with E-state index in [1.54, 1.807) is 4.90 Å². The van der Waals surface area contributed by atoms with E-state index in [-0.39, 0.29) is 42.6 Å². The van der Waals surface area contributed by atoms with Crippen LogP contribution in [0.1, 0.15) is 24.8 Å². The molecule has 178 valence electrons. The number of benzene rings is 1. The van der Waals surface area contributed by atoms with Gasteiger partial charge in [0.1, 0.15) is 5.82 Å². The number of thioether (sulfide) groups is 1. The van der Waals surface area contributed by atoms with Gasteiger partial charge in [-0.3, -0.25) is 14.4 Å². The summed E-state index contributed by atoms with van der Waals surface area (Å²) in [4.78, 5) is 39.7. The van der Waals surface area contributed by atoms with Crippen molar-refractivity contribution in [1.29, 1.82) is 0 Å². The molecular formula is C20H25ClF3N3O4S. The molecule has 2 saturated heterocycles. The molecule has 2 aliphatic heterocycles. The fourth-order valence-electron chi connectivity index (χ4n) is 3.85. The van der Waals surface area contributed by atoms with Crippen molar-refractivity contribution in [3.63, 3.8) is 0 Å². The predicted octanol–water partition coefficient (Wildman–Crippen LogP) is 2.01. The van der Waals surface area contributed by atoms with E-state index in [0.29, 0.717) is 44.3 Å². The first-order valence-electron chi connectivity index (χ1n) is 9.99. The van der Waals surface area contributed by atoms with Crippen molar-refractivity contribution in [2.24, 2.45) is 11.7 Å². The third-order valence-corrected chi connectivity index (χ3v) is 6.78. The number of aliphatic carboxylic acids is 1. The minimum absolute atomic E-state index is 0. The first kappa shape index (κ1) is 26.3. The first-order valence-corrected chi connectivity index (χ1v) is 11.0. The van der Waals surface area contributed by atoms with Crippen molar-refractivity contribution in [3.05, 3.63) is 35.1 Å². The summed E-state index contributed by atoms with van der Waals surface area (Å²) in [5.74, 6) is -4.80. The molecule has 2 atom stereocenters. The molecule has 0 aromatic heterocycles. The number of nitrogens with two attached hydrogens (primary N) is 1. The zero-order valence-electron chi connectivity index (χ0n) is 17.1. The number of likely N-dealkylation sites (tertiary alicyclic amines) is 1. The molecule has 2 aliphatic rings. The number of rotatable bonds is 6. The molecule has 1 unspecified atom stereocenters. The molecule has 0 bridgehead atoms. The Morgan fingerprint density at radius 1 is 1.09 bits per heavy atom. The maximum Gasteiger partial charge on any atom is 0.306 e. The van der Waals surface area contributed by atoms with Crippen LogP contribution in [0.5, 0.6) is 0 Å². The second-order valence-corrected chi connectivity index (χ2v) is 8.96. The normalized spacial score (nSPS) is 20.1. The summed E-state index contributed by atoms with van der Waals surface area (Å²) in [5, 5.41) is 8.38. The fourth-order valence-corrected chi connectivity index (χ4v) is 5.07. The van der Waals surface area contributed by atoms with Gasteiger partial charge in [0.15, 0.2) is 17.0 Å². The molecule has 12 heteroatoms.